The van der Waals surface area contributed by atoms with Crippen LogP contribution in [0.15, 0.2) is 18.2 Å². The highest BCUT2D eigenvalue weighted by Crippen LogP contribution is 2.30. The van der Waals surface area contributed by atoms with E-state index in [9.17, 15) is 9.90 Å². The fraction of sp³-hybridized carbons (Fsp3) is 0.417. The maximum atomic E-state index is 10.6. The molecule has 1 rings (SSSR count). The number of halogens is 1. The van der Waals surface area contributed by atoms with E-state index >= 15 is 0 Å². The normalized spacial score (nSPS) is 12.2. The average molecular weight is 258 g/mol. The summed E-state index contributed by atoms with van der Waals surface area (Å²) in [6.45, 7) is 0. The van der Waals surface area contributed by atoms with E-state index in [0.717, 1.165) is 0 Å². The number of amides is 1. The summed E-state index contributed by atoms with van der Waals surface area (Å²) in [6.07, 6.45) is 0.536. The first kappa shape index (κ1) is 13.8. The second-order valence-electron chi connectivity index (χ2n) is 3.76. The van der Waals surface area contributed by atoms with Crippen molar-refractivity contribution in [3.63, 3.8) is 0 Å². The van der Waals surface area contributed by atoms with Crippen LogP contribution in [0.4, 0.5) is 0 Å². The summed E-state index contributed by atoms with van der Waals surface area (Å²) in [5, 5.41) is 10.5. The van der Waals surface area contributed by atoms with Gasteiger partial charge in [0, 0.05) is 17.0 Å². The summed E-state index contributed by atoms with van der Waals surface area (Å²) in [6, 6.07) is 5.06. The molecule has 5 heteroatoms. The Morgan fingerprint density at radius 1 is 1.59 bits per heavy atom. The Morgan fingerprint density at radius 2 is 2.29 bits per heavy atom. The fourth-order valence-electron chi connectivity index (χ4n) is 1.59. The molecule has 0 aliphatic heterocycles. The number of hydrogen-bond acceptors (Lipinski definition) is 3. The molecule has 0 aliphatic rings. The van der Waals surface area contributed by atoms with Gasteiger partial charge in [0.05, 0.1) is 13.2 Å². The Morgan fingerprint density at radius 3 is 2.88 bits per heavy atom. The van der Waals surface area contributed by atoms with Crippen molar-refractivity contribution in [3.05, 3.63) is 28.8 Å². The smallest absolute Gasteiger partial charge is 0.217 e. The van der Waals surface area contributed by atoms with E-state index < -0.39 is 6.10 Å². The molecule has 0 aliphatic carbocycles. The predicted octanol–water partition coefficient (Wildman–Crippen LogP) is 2.04. The van der Waals surface area contributed by atoms with E-state index in [1.54, 1.807) is 18.2 Å². The SMILES string of the molecule is COc1ccc(Cl)cc1C(O)CCCC(N)=O. The van der Waals surface area contributed by atoms with Crippen LogP contribution in [-0.4, -0.2) is 18.1 Å². The highest BCUT2D eigenvalue weighted by Gasteiger charge is 2.14. The second-order valence-corrected chi connectivity index (χ2v) is 4.20. The number of ether oxygens (including phenoxy) is 1. The Labute approximate surface area is 105 Å². The zero-order valence-electron chi connectivity index (χ0n) is 9.65. The van der Waals surface area contributed by atoms with Crippen LogP contribution < -0.4 is 10.5 Å². The first-order valence-electron chi connectivity index (χ1n) is 5.34. The molecule has 0 radical (unpaired) electrons. The molecule has 94 valence electrons. The minimum absolute atomic E-state index is 0.264. The number of aliphatic hydroxyl groups excluding tert-OH is 1. The summed E-state index contributed by atoms with van der Waals surface area (Å²) in [5.74, 6) is 0.219. The molecule has 0 aromatic heterocycles. The standard InChI is InChI=1S/C12H16ClNO3/c1-17-11-6-5-8(13)7-9(11)10(15)3-2-4-12(14)16/h5-7,10,15H,2-4H2,1H3,(H2,14,16). The lowest BCUT2D eigenvalue weighted by Crippen LogP contribution is -2.10. The highest BCUT2D eigenvalue weighted by molar-refractivity contribution is 6.30. The number of hydrogen-bond donors (Lipinski definition) is 2. The van der Waals surface area contributed by atoms with Gasteiger partial charge in [-0.1, -0.05) is 11.6 Å². The van der Waals surface area contributed by atoms with Crippen LogP contribution in [0.1, 0.15) is 30.9 Å². The molecule has 1 amide bonds. The van der Waals surface area contributed by atoms with Crippen molar-refractivity contribution in [1.82, 2.24) is 0 Å². The van der Waals surface area contributed by atoms with Crippen molar-refractivity contribution in [1.29, 1.82) is 0 Å². The summed E-state index contributed by atoms with van der Waals surface area (Å²) < 4.78 is 5.14. The van der Waals surface area contributed by atoms with Crippen LogP contribution in [0.25, 0.3) is 0 Å². The van der Waals surface area contributed by atoms with Crippen LogP contribution in [0.2, 0.25) is 5.02 Å². The van der Waals surface area contributed by atoms with Crippen molar-refractivity contribution in [2.45, 2.75) is 25.4 Å². The highest BCUT2D eigenvalue weighted by atomic mass is 35.5. The molecule has 4 nitrogen and oxygen atoms in total. The van der Waals surface area contributed by atoms with Crippen molar-refractivity contribution < 1.29 is 14.6 Å². The third-order valence-electron chi connectivity index (χ3n) is 2.45. The van der Waals surface area contributed by atoms with Crippen molar-refractivity contribution >= 4 is 17.5 Å². The molecule has 1 atom stereocenters. The van der Waals surface area contributed by atoms with E-state index in [1.807, 2.05) is 0 Å². The topological polar surface area (TPSA) is 72.6 Å². The molecule has 0 saturated heterocycles. The molecule has 3 N–H and O–H groups in total. The molecule has 1 aromatic carbocycles. The van der Waals surface area contributed by atoms with Crippen molar-refractivity contribution in [2.24, 2.45) is 5.73 Å². The first-order chi connectivity index (χ1) is 8.04. The number of nitrogens with two attached hydrogens (primary N) is 1. The van der Waals surface area contributed by atoms with Crippen LogP contribution in [0.5, 0.6) is 5.75 Å². The van der Waals surface area contributed by atoms with Gasteiger partial charge in [0.25, 0.3) is 0 Å². The zero-order chi connectivity index (χ0) is 12.8. The molecule has 0 heterocycles. The van der Waals surface area contributed by atoms with Crippen LogP contribution >= 0.6 is 11.6 Å². The molecule has 1 aromatic rings. The summed E-state index contributed by atoms with van der Waals surface area (Å²) in [5.41, 5.74) is 5.66. The number of carbonyl (C=O) groups is 1. The van der Waals surface area contributed by atoms with Gasteiger partial charge in [-0.2, -0.15) is 0 Å². The molecule has 0 saturated carbocycles. The molecule has 0 spiro atoms. The number of carbonyl (C=O) groups excluding carboxylic acids is 1. The lowest BCUT2D eigenvalue weighted by atomic mass is 10.0. The third-order valence-corrected chi connectivity index (χ3v) is 2.69. The maximum Gasteiger partial charge on any atom is 0.217 e. The largest absolute Gasteiger partial charge is 0.496 e. The van der Waals surface area contributed by atoms with Gasteiger partial charge in [-0.15, -0.1) is 0 Å². The van der Waals surface area contributed by atoms with E-state index in [4.69, 9.17) is 22.1 Å². The maximum absolute atomic E-state index is 10.6. The zero-order valence-corrected chi connectivity index (χ0v) is 10.4. The number of benzene rings is 1. The molecule has 17 heavy (non-hydrogen) atoms. The first-order valence-corrected chi connectivity index (χ1v) is 5.72. The van der Waals surface area contributed by atoms with Crippen molar-refractivity contribution in [3.8, 4) is 5.75 Å². The minimum atomic E-state index is -0.706. The van der Waals surface area contributed by atoms with Gasteiger partial charge in [0.2, 0.25) is 5.91 Å². The molecule has 0 bridgehead atoms. The minimum Gasteiger partial charge on any atom is -0.496 e. The number of rotatable bonds is 6. The quantitative estimate of drug-likeness (QED) is 0.819. The Hall–Kier alpha value is -1.26. The summed E-state index contributed by atoms with van der Waals surface area (Å²) in [7, 11) is 1.53. The van der Waals surface area contributed by atoms with Gasteiger partial charge in [0.15, 0.2) is 0 Å². The third kappa shape index (κ3) is 4.24. The van der Waals surface area contributed by atoms with Gasteiger partial charge in [-0.05, 0) is 31.0 Å². The lowest BCUT2D eigenvalue weighted by molar-refractivity contribution is -0.118. The fourth-order valence-corrected chi connectivity index (χ4v) is 1.77. The Balaban J connectivity index is 2.69. The van der Waals surface area contributed by atoms with Crippen molar-refractivity contribution in [2.75, 3.05) is 7.11 Å². The number of methoxy groups -OCH3 is 1. The van der Waals surface area contributed by atoms with Gasteiger partial charge in [0.1, 0.15) is 5.75 Å². The van der Waals surface area contributed by atoms with Crippen LogP contribution in [-0.2, 0) is 4.79 Å². The monoisotopic (exact) mass is 257 g/mol. The van der Waals surface area contributed by atoms with Crippen LogP contribution in [0.3, 0.4) is 0 Å². The van der Waals surface area contributed by atoms with E-state index in [2.05, 4.69) is 0 Å². The lowest BCUT2D eigenvalue weighted by Gasteiger charge is -2.14. The molecule has 1 unspecified atom stereocenters. The van der Waals surface area contributed by atoms with E-state index in [1.165, 1.54) is 7.11 Å². The summed E-state index contributed by atoms with van der Waals surface area (Å²) in [4.78, 5) is 10.6. The number of aliphatic hydroxyl groups is 1. The van der Waals surface area contributed by atoms with Gasteiger partial charge in [-0.25, -0.2) is 0 Å². The van der Waals surface area contributed by atoms with E-state index in [0.29, 0.717) is 29.2 Å². The molecular formula is C12H16ClNO3. The van der Waals surface area contributed by atoms with Gasteiger partial charge < -0.3 is 15.6 Å². The molecule has 0 fully saturated rings. The Kier molecular flexibility index (Phi) is 5.25. The predicted molar refractivity (Wildman–Crippen MR) is 66.0 cm³/mol. The van der Waals surface area contributed by atoms with E-state index in [-0.39, 0.29) is 12.3 Å². The van der Waals surface area contributed by atoms with Crippen LogP contribution in [0, 0.1) is 0 Å². The number of primary amides is 1. The second kappa shape index (κ2) is 6.47. The molecular weight excluding hydrogens is 242 g/mol. The van der Waals surface area contributed by atoms with Gasteiger partial charge in [-0.3, -0.25) is 4.79 Å². The average Bonchev–Trinajstić information content (AvgIpc) is 2.28. The van der Waals surface area contributed by atoms with Gasteiger partial charge >= 0.3 is 0 Å². The Bertz CT molecular complexity index is 395. The summed E-state index contributed by atoms with van der Waals surface area (Å²) >= 11 is 5.86.